The Hall–Kier alpha value is -2.22. The van der Waals surface area contributed by atoms with Crippen molar-refractivity contribution in [3.63, 3.8) is 0 Å². The minimum Gasteiger partial charge on any atom is -0.341 e. The molecule has 1 unspecified atom stereocenters. The molecule has 1 aromatic carbocycles. The molecular formula is C20H27N3O4S. The standard InChI is InChI=1S/C20H27N3O4S/c1-12(2)9-10-23-15(11-13(3)4)18(24)17(20(23)25)19-21-14-7-5-6-8-16(14)28(26,27)22-19/h5-8,12-13,15,17H,9-11H2,1-4H3,(H,21,22)/t15-,17?/m0/s1. The third-order valence-electron chi connectivity index (χ3n) is 5.08. The molecule has 2 atom stereocenters. The van der Waals surface area contributed by atoms with Gasteiger partial charge in [0.2, 0.25) is 5.91 Å². The molecule has 3 rings (SSSR count). The third kappa shape index (κ3) is 3.83. The van der Waals surface area contributed by atoms with Crippen molar-refractivity contribution in [1.82, 2.24) is 4.90 Å². The topological polar surface area (TPSA) is 95.9 Å². The molecule has 0 radical (unpaired) electrons. The lowest BCUT2D eigenvalue weighted by Crippen LogP contribution is -2.38. The molecule has 28 heavy (non-hydrogen) atoms. The zero-order valence-corrected chi connectivity index (χ0v) is 17.5. The summed E-state index contributed by atoms with van der Waals surface area (Å²) in [6.07, 6.45) is 1.33. The molecule has 2 aliphatic rings. The summed E-state index contributed by atoms with van der Waals surface area (Å²) in [6.45, 7) is 8.61. The number of hydrogen-bond donors (Lipinski definition) is 1. The van der Waals surface area contributed by atoms with Gasteiger partial charge in [0.15, 0.2) is 11.7 Å². The van der Waals surface area contributed by atoms with E-state index in [2.05, 4.69) is 23.6 Å². The fourth-order valence-electron chi connectivity index (χ4n) is 3.65. The highest BCUT2D eigenvalue weighted by Gasteiger charge is 2.50. The highest BCUT2D eigenvalue weighted by Crippen LogP contribution is 2.33. The summed E-state index contributed by atoms with van der Waals surface area (Å²) in [7, 11) is -3.96. The molecule has 0 aliphatic carbocycles. The Morgan fingerprint density at radius 1 is 1.11 bits per heavy atom. The van der Waals surface area contributed by atoms with E-state index in [0.717, 1.165) is 6.42 Å². The number of sulfonamides is 1. The Morgan fingerprint density at radius 3 is 2.43 bits per heavy atom. The highest BCUT2D eigenvalue weighted by atomic mass is 32.2. The van der Waals surface area contributed by atoms with E-state index in [9.17, 15) is 18.0 Å². The van der Waals surface area contributed by atoms with Gasteiger partial charge in [0, 0.05) is 6.54 Å². The Bertz CT molecular complexity index is 921. The van der Waals surface area contributed by atoms with Crippen LogP contribution in [0.5, 0.6) is 0 Å². The lowest BCUT2D eigenvalue weighted by molar-refractivity contribution is -0.130. The number of para-hydroxylation sites is 1. The van der Waals surface area contributed by atoms with Crippen molar-refractivity contribution in [3.8, 4) is 0 Å². The molecule has 1 fully saturated rings. The number of Topliss-reactive ketones (excluding diaryl/α,β-unsaturated/α-hetero) is 1. The number of nitrogens with zero attached hydrogens (tertiary/aromatic N) is 2. The van der Waals surface area contributed by atoms with Crippen LogP contribution in [0.15, 0.2) is 33.6 Å². The summed E-state index contributed by atoms with van der Waals surface area (Å²) in [6, 6.07) is 5.82. The first-order valence-corrected chi connectivity index (χ1v) is 11.1. The Kier molecular flexibility index (Phi) is 5.61. The van der Waals surface area contributed by atoms with Gasteiger partial charge >= 0.3 is 0 Å². The van der Waals surface area contributed by atoms with Gasteiger partial charge in [0.1, 0.15) is 10.7 Å². The fraction of sp³-hybridized carbons (Fsp3) is 0.550. The lowest BCUT2D eigenvalue weighted by atomic mass is 9.95. The third-order valence-corrected chi connectivity index (χ3v) is 6.43. The van der Waals surface area contributed by atoms with Crippen molar-refractivity contribution < 1.29 is 18.0 Å². The first-order chi connectivity index (χ1) is 13.1. The van der Waals surface area contributed by atoms with Gasteiger partial charge in [-0.25, -0.2) is 0 Å². The van der Waals surface area contributed by atoms with Crippen LogP contribution in [0.25, 0.3) is 0 Å². The molecule has 2 aliphatic heterocycles. The van der Waals surface area contributed by atoms with Crippen LogP contribution in [0.1, 0.15) is 40.5 Å². The summed E-state index contributed by atoms with van der Waals surface area (Å²) in [5.74, 6) is -1.30. The number of carbonyl (C=O) groups excluding carboxylic acids is 2. The number of carbonyl (C=O) groups is 2. The molecule has 0 aromatic heterocycles. The van der Waals surface area contributed by atoms with Gasteiger partial charge in [0.05, 0.1) is 11.7 Å². The quantitative estimate of drug-likeness (QED) is 0.734. The van der Waals surface area contributed by atoms with Crippen LogP contribution in [0.2, 0.25) is 0 Å². The minimum atomic E-state index is -3.96. The van der Waals surface area contributed by atoms with Gasteiger partial charge in [-0.05, 0) is 36.8 Å². The number of benzene rings is 1. The van der Waals surface area contributed by atoms with Crippen molar-refractivity contribution in [2.45, 2.75) is 51.5 Å². The normalized spacial score (nSPS) is 23.8. The molecule has 0 spiro atoms. The summed E-state index contributed by atoms with van der Waals surface area (Å²) in [4.78, 5) is 27.9. The van der Waals surface area contributed by atoms with Crippen LogP contribution in [0, 0.1) is 17.8 Å². The van der Waals surface area contributed by atoms with Gasteiger partial charge in [-0.1, -0.05) is 39.8 Å². The van der Waals surface area contributed by atoms with Crippen molar-refractivity contribution in [1.29, 1.82) is 0 Å². The van der Waals surface area contributed by atoms with Gasteiger partial charge in [-0.3, -0.25) is 9.59 Å². The van der Waals surface area contributed by atoms with Crippen molar-refractivity contribution >= 4 is 33.2 Å². The van der Waals surface area contributed by atoms with E-state index < -0.39 is 22.0 Å². The fourth-order valence-corrected chi connectivity index (χ4v) is 4.81. The predicted octanol–water partition coefficient (Wildman–Crippen LogP) is 2.69. The Labute approximate surface area is 166 Å². The maximum atomic E-state index is 13.2. The summed E-state index contributed by atoms with van der Waals surface area (Å²) >= 11 is 0. The largest absolute Gasteiger partial charge is 0.341 e. The number of fused-ring (bicyclic) bond motifs is 1. The maximum absolute atomic E-state index is 13.2. The molecule has 1 amide bonds. The zero-order chi connectivity index (χ0) is 20.6. The van der Waals surface area contributed by atoms with Gasteiger partial charge < -0.3 is 10.2 Å². The van der Waals surface area contributed by atoms with E-state index >= 15 is 0 Å². The van der Waals surface area contributed by atoms with Crippen LogP contribution in [0.3, 0.4) is 0 Å². The number of amidine groups is 1. The van der Waals surface area contributed by atoms with E-state index in [1.165, 1.54) is 6.07 Å². The zero-order valence-electron chi connectivity index (χ0n) is 16.7. The van der Waals surface area contributed by atoms with E-state index in [-0.39, 0.29) is 28.3 Å². The molecule has 152 valence electrons. The minimum absolute atomic E-state index is 0.0482. The van der Waals surface area contributed by atoms with Crippen LogP contribution in [0.4, 0.5) is 5.69 Å². The van der Waals surface area contributed by atoms with Gasteiger partial charge in [-0.15, -0.1) is 4.40 Å². The number of amides is 1. The van der Waals surface area contributed by atoms with Crippen molar-refractivity contribution in [2.24, 2.45) is 22.2 Å². The van der Waals surface area contributed by atoms with Gasteiger partial charge in [-0.2, -0.15) is 8.42 Å². The van der Waals surface area contributed by atoms with Crippen molar-refractivity contribution in [2.75, 3.05) is 11.9 Å². The molecule has 8 heteroatoms. The van der Waals surface area contributed by atoms with Crippen LogP contribution >= 0.6 is 0 Å². The number of hydrogen-bond acceptors (Lipinski definition) is 5. The smallest absolute Gasteiger partial charge is 0.286 e. The second-order valence-electron chi connectivity index (χ2n) is 8.27. The second kappa shape index (κ2) is 7.66. The number of likely N-dealkylation sites (tertiary alicyclic amines) is 1. The SMILES string of the molecule is CC(C)CCN1C(=O)C(C2=NS(=O)(=O)c3ccccc3N2)C(=O)[C@@H]1CC(C)C. The molecule has 1 aromatic rings. The highest BCUT2D eigenvalue weighted by molar-refractivity contribution is 7.90. The van der Waals surface area contributed by atoms with E-state index in [0.29, 0.717) is 24.6 Å². The number of nitrogens with one attached hydrogen (secondary N) is 1. The second-order valence-corrected chi connectivity index (χ2v) is 9.84. The summed E-state index contributed by atoms with van der Waals surface area (Å²) in [5, 5.41) is 2.92. The van der Waals surface area contributed by atoms with E-state index in [1.54, 1.807) is 23.1 Å². The van der Waals surface area contributed by atoms with Gasteiger partial charge in [0.25, 0.3) is 10.0 Å². The van der Waals surface area contributed by atoms with E-state index in [1.807, 2.05) is 13.8 Å². The molecular weight excluding hydrogens is 378 g/mol. The number of rotatable bonds is 6. The first-order valence-electron chi connectivity index (χ1n) is 9.67. The van der Waals surface area contributed by atoms with Crippen molar-refractivity contribution in [3.05, 3.63) is 24.3 Å². The number of anilines is 1. The Morgan fingerprint density at radius 2 is 1.79 bits per heavy atom. The molecule has 1 saturated heterocycles. The molecule has 2 heterocycles. The first kappa shape index (κ1) is 20.5. The molecule has 0 saturated carbocycles. The predicted molar refractivity (Wildman–Crippen MR) is 108 cm³/mol. The molecule has 0 bridgehead atoms. The summed E-state index contributed by atoms with van der Waals surface area (Å²) < 4.78 is 28.9. The average Bonchev–Trinajstić information content (AvgIpc) is 2.82. The van der Waals surface area contributed by atoms with Crippen LogP contribution in [-0.2, 0) is 19.6 Å². The number of ketones is 1. The Balaban J connectivity index is 1.96. The van der Waals surface area contributed by atoms with Crippen LogP contribution in [-0.4, -0.2) is 43.4 Å². The maximum Gasteiger partial charge on any atom is 0.286 e. The molecule has 7 nitrogen and oxygen atoms in total. The monoisotopic (exact) mass is 405 g/mol. The summed E-state index contributed by atoms with van der Waals surface area (Å²) in [5.41, 5.74) is 0.342. The van der Waals surface area contributed by atoms with Crippen LogP contribution < -0.4 is 5.32 Å². The average molecular weight is 406 g/mol. The molecule has 1 N–H and O–H groups in total. The lowest BCUT2D eigenvalue weighted by Gasteiger charge is -2.25. The van der Waals surface area contributed by atoms with E-state index in [4.69, 9.17) is 0 Å².